The maximum atomic E-state index is 12.7. The lowest BCUT2D eigenvalue weighted by molar-refractivity contribution is 0.0900. The van der Waals surface area contributed by atoms with Gasteiger partial charge in [-0.2, -0.15) is 0 Å². The summed E-state index contributed by atoms with van der Waals surface area (Å²) >= 11 is 0. The second kappa shape index (κ2) is 9.49. The zero-order valence-corrected chi connectivity index (χ0v) is 20.0. The summed E-state index contributed by atoms with van der Waals surface area (Å²) in [7, 11) is 1.74. The van der Waals surface area contributed by atoms with Gasteiger partial charge in [-0.3, -0.25) is 9.69 Å². The average Bonchev–Trinajstić information content (AvgIpc) is 2.91. The van der Waals surface area contributed by atoms with E-state index >= 15 is 0 Å². The molecule has 3 aromatic carbocycles. The first-order chi connectivity index (χ1) is 16.6. The zero-order valence-electron chi connectivity index (χ0n) is 20.0. The fourth-order valence-corrected chi connectivity index (χ4v) is 5.50. The average molecular weight is 458 g/mol. The van der Waals surface area contributed by atoms with Crippen molar-refractivity contribution in [1.29, 1.82) is 0 Å². The minimum atomic E-state index is 0.0124. The first-order valence-corrected chi connectivity index (χ1v) is 12.0. The third-order valence-corrected chi connectivity index (χ3v) is 7.31. The number of ether oxygens (including phenoxy) is 1. The first kappa shape index (κ1) is 22.4. The minimum absolute atomic E-state index is 0.0124. The van der Waals surface area contributed by atoms with Gasteiger partial charge in [-0.25, -0.2) is 4.48 Å². The van der Waals surface area contributed by atoms with Crippen molar-refractivity contribution in [2.75, 3.05) is 51.4 Å². The summed E-state index contributed by atoms with van der Waals surface area (Å²) in [4.78, 5) is 17.7. The molecule has 0 bridgehead atoms. The van der Waals surface area contributed by atoms with Crippen LogP contribution in [0.2, 0.25) is 0 Å². The Labute approximate surface area is 201 Å². The maximum absolute atomic E-state index is 12.7. The summed E-state index contributed by atoms with van der Waals surface area (Å²) in [5.41, 5.74) is 4.22. The number of amides is 1. The quantitative estimate of drug-likeness (QED) is 0.562. The topological polar surface area (TPSA) is 44.8 Å². The molecule has 0 aliphatic carbocycles. The molecule has 176 valence electrons. The van der Waals surface area contributed by atoms with Crippen LogP contribution in [-0.2, 0) is 0 Å². The van der Waals surface area contributed by atoms with Gasteiger partial charge < -0.3 is 15.0 Å². The summed E-state index contributed by atoms with van der Waals surface area (Å²) in [5.74, 6) is 0.941. The van der Waals surface area contributed by atoms with Crippen molar-refractivity contribution in [3.63, 3.8) is 0 Å². The lowest BCUT2D eigenvalue weighted by Crippen LogP contribution is -2.61. The van der Waals surface area contributed by atoms with Gasteiger partial charge in [0.1, 0.15) is 23.5 Å². The number of fused-ring (bicyclic) bond motifs is 1. The number of piperazine rings is 1. The van der Waals surface area contributed by atoms with Crippen LogP contribution in [0.25, 0.3) is 0 Å². The predicted octanol–water partition coefficient (Wildman–Crippen LogP) is 4.25. The fourth-order valence-electron chi connectivity index (χ4n) is 5.50. The van der Waals surface area contributed by atoms with Crippen molar-refractivity contribution in [2.45, 2.75) is 13.0 Å². The van der Waals surface area contributed by atoms with E-state index in [2.05, 4.69) is 70.6 Å². The van der Waals surface area contributed by atoms with Gasteiger partial charge >= 0.3 is 0 Å². The molecule has 0 spiro atoms. The highest BCUT2D eigenvalue weighted by atomic mass is 16.5. The van der Waals surface area contributed by atoms with E-state index in [4.69, 9.17) is 4.74 Å². The largest absolute Gasteiger partial charge is 0.495 e. The molecule has 0 radical (unpaired) electrons. The number of hydrogen-bond acceptors (Lipinski definition) is 4. The van der Waals surface area contributed by atoms with Crippen LogP contribution in [0.5, 0.6) is 5.75 Å². The van der Waals surface area contributed by atoms with E-state index < -0.39 is 0 Å². The number of methoxy groups -OCH3 is 1. The third-order valence-electron chi connectivity index (χ3n) is 7.31. The second-order valence-corrected chi connectivity index (χ2v) is 9.21. The van der Waals surface area contributed by atoms with Crippen LogP contribution in [0.4, 0.5) is 17.1 Å². The molecular formula is C28H33N4O2+. The monoisotopic (exact) mass is 457 g/mol. The molecule has 2 heterocycles. The highest BCUT2D eigenvalue weighted by Gasteiger charge is 2.43. The van der Waals surface area contributed by atoms with Gasteiger partial charge in [-0.05, 0) is 37.3 Å². The van der Waals surface area contributed by atoms with Gasteiger partial charge in [-0.1, -0.05) is 42.5 Å². The Morgan fingerprint density at radius 2 is 1.59 bits per heavy atom. The number of carbonyl (C=O) groups is 1. The van der Waals surface area contributed by atoms with Crippen molar-refractivity contribution >= 4 is 23.0 Å². The fraction of sp³-hybridized carbons (Fsp3) is 0.321. The van der Waals surface area contributed by atoms with Gasteiger partial charge in [-0.15, -0.1) is 0 Å². The minimum Gasteiger partial charge on any atom is -0.495 e. The summed E-state index contributed by atoms with van der Waals surface area (Å²) in [5, 5.41) is 3.17. The molecule has 5 rings (SSSR count). The Morgan fingerprint density at radius 1 is 0.912 bits per heavy atom. The molecule has 0 saturated carbocycles. The predicted molar refractivity (Wildman–Crippen MR) is 138 cm³/mol. The Morgan fingerprint density at radius 3 is 2.35 bits per heavy atom. The summed E-state index contributed by atoms with van der Waals surface area (Å²) < 4.78 is 6.21. The molecule has 1 N–H and O–H groups in total. The van der Waals surface area contributed by atoms with Gasteiger partial charge in [0, 0.05) is 32.2 Å². The Bertz CT molecular complexity index is 1140. The van der Waals surface area contributed by atoms with Crippen molar-refractivity contribution in [2.24, 2.45) is 0 Å². The second-order valence-electron chi connectivity index (χ2n) is 9.21. The molecule has 6 nitrogen and oxygen atoms in total. The number of hydrogen-bond donors (Lipinski definition) is 1. The molecule has 1 fully saturated rings. The normalized spacial score (nSPS) is 21.5. The smallest absolute Gasteiger partial charge is 0.261 e. The molecule has 2 aliphatic rings. The summed E-state index contributed by atoms with van der Waals surface area (Å²) in [6.45, 7) is 7.67. The number of carbonyl (C=O) groups excluding carboxylic acids is 1. The number of anilines is 1. The van der Waals surface area contributed by atoms with Crippen LogP contribution in [0, 0.1) is 0 Å². The van der Waals surface area contributed by atoms with Gasteiger partial charge in [0.2, 0.25) is 0 Å². The number of quaternary nitrogens is 1. The molecule has 3 aromatic rings. The molecule has 6 heteroatoms. The number of rotatable bonds is 6. The zero-order chi connectivity index (χ0) is 23.5. The van der Waals surface area contributed by atoms with Crippen molar-refractivity contribution in [3.05, 3.63) is 84.4 Å². The van der Waals surface area contributed by atoms with E-state index in [1.807, 2.05) is 30.3 Å². The third kappa shape index (κ3) is 4.04. The van der Waals surface area contributed by atoms with Gasteiger partial charge in [0.25, 0.3) is 5.91 Å². The van der Waals surface area contributed by atoms with Crippen LogP contribution < -0.4 is 19.4 Å². The number of para-hydroxylation sites is 4. The van der Waals surface area contributed by atoms with E-state index in [1.54, 1.807) is 7.11 Å². The number of benzene rings is 3. The van der Waals surface area contributed by atoms with Crippen LogP contribution in [-0.4, -0.2) is 63.4 Å². The number of nitrogens with zero attached hydrogens (tertiary/aromatic N) is 3. The van der Waals surface area contributed by atoms with E-state index in [9.17, 15) is 4.79 Å². The summed E-state index contributed by atoms with van der Waals surface area (Å²) in [6, 6.07) is 27.2. The highest BCUT2D eigenvalue weighted by Crippen LogP contribution is 2.39. The SMILES string of the molecule is COc1ccccc1N1CCN(C(C)C[N+]2(c3ccccc3)CNC(=O)c3ccccc32)CC1. The van der Waals surface area contributed by atoms with Crippen LogP contribution in [0.15, 0.2) is 78.9 Å². The molecule has 0 aromatic heterocycles. The molecular weight excluding hydrogens is 424 g/mol. The Kier molecular flexibility index (Phi) is 6.26. The summed E-state index contributed by atoms with van der Waals surface area (Å²) in [6.07, 6.45) is 0. The van der Waals surface area contributed by atoms with E-state index in [1.165, 1.54) is 5.69 Å². The van der Waals surface area contributed by atoms with E-state index in [0.29, 0.717) is 17.2 Å². The first-order valence-electron chi connectivity index (χ1n) is 12.0. The molecule has 2 atom stereocenters. The van der Waals surface area contributed by atoms with Gasteiger partial charge in [0.05, 0.1) is 18.8 Å². The van der Waals surface area contributed by atoms with Crippen molar-refractivity contribution < 1.29 is 9.53 Å². The lowest BCUT2D eigenvalue weighted by Gasteiger charge is -2.46. The molecule has 1 amide bonds. The molecule has 1 saturated heterocycles. The lowest BCUT2D eigenvalue weighted by atomic mass is 10.0. The van der Waals surface area contributed by atoms with Crippen LogP contribution >= 0.6 is 0 Å². The van der Waals surface area contributed by atoms with Crippen LogP contribution in [0.3, 0.4) is 0 Å². The Balaban J connectivity index is 1.39. The van der Waals surface area contributed by atoms with Crippen molar-refractivity contribution in [1.82, 2.24) is 14.7 Å². The van der Waals surface area contributed by atoms with Crippen molar-refractivity contribution in [3.8, 4) is 5.75 Å². The van der Waals surface area contributed by atoms with E-state index in [0.717, 1.165) is 55.4 Å². The maximum Gasteiger partial charge on any atom is 0.261 e. The van der Waals surface area contributed by atoms with E-state index in [-0.39, 0.29) is 5.91 Å². The highest BCUT2D eigenvalue weighted by molar-refractivity contribution is 6.01. The number of nitrogens with one attached hydrogen (secondary N) is 1. The molecule has 34 heavy (non-hydrogen) atoms. The van der Waals surface area contributed by atoms with Crippen LogP contribution in [0.1, 0.15) is 17.3 Å². The Hall–Kier alpha value is -3.35. The standard InChI is InChI=1S/C28H32N4O2/c1-22(30-16-18-31(19-17-30)25-13-7-9-15-27(25)34-2)20-32(23-10-4-3-5-11-23)21-29-28(33)24-12-6-8-14-26(24)32/h3-15,22H,16-21H2,1-2H3/p+1. The molecule has 2 aliphatic heterocycles. The van der Waals surface area contributed by atoms with Gasteiger partial charge in [0.15, 0.2) is 12.4 Å². The molecule has 2 unspecified atom stereocenters.